The van der Waals surface area contributed by atoms with Gasteiger partial charge in [0.2, 0.25) is 0 Å². The van der Waals surface area contributed by atoms with E-state index in [-0.39, 0.29) is 13.0 Å². The van der Waals surface area contributed by atoms with E-state index in [0.29, 0.717) is 0 Å². The second-order valence-electron chi connectivity index (χ2n) is 10.5. The molecule has 2 atom stereocenters. The molecular formula is C28H37NO8S. The average Bonchev–Trinajstić information content (AvgIpc) is 2.84. The van der Waals surface area contributed by atoms with Crippen LogP contribution in [0.1, 0.15) is 45.7 Å². The van der Waals surface area contributed by atoms with Gasteiger partial charge in [0.1, 0.15) is 18.2 Å². The summed E-state index contributed by atoms with van der Waals surface area (Å²) in [6.45, 7) is 7.50. The predicted octanol–water partition coefficient (Wildman–Crippen LogP) is 3.85. The van der Waals surface area contributed by atoms with E-state index < -0.39 is 55.9 Å². The van der Waals surface area contributed by atoms with Gasteiger partial charge in [0.25, 0.3) is 0 Å². The van der Waals surface area contributed by atoms with E-state index >= 15 is 0 Å². The summed E-state index contributed by atoms with van der Waals surface area (Å²) in [5.74, 6) is -3.33. The number of carbonyl (C=O) groups is 3. The molecule has 10 heteroatoms. The van der Waals surface area contributed by atoms with Gasteiger partial charge in [-0.15, -0.1) is 0 Å². The van der Waals surface area contributed by atoms with Crippen molar-refractivity contribution < 1.29 is 37.0 Å². The molecule has 0 aliphatic rings. The number of hydrogen-bond acceptors (Lipinski definition) is 8. The van der Waals surface area contributed by atoms with Crippen LogP contribution in [-0.4, -0.2) is 55.7 Å². The number of benzene rings is 2. The van der Waals surface area contributed by atoms with E-state index in [2.05, 4.69) is 5.32 Å². The third-order valence-corrected chi connectivity index (χ3v) is 8.58. The van der Waals surface area contributed by atoms with Crippen LogP contribution in [0.3, 0.4) is 0 Å². The zero-order valence-corrected chi connectivity index (χ0v) is 23.5. The van der Waals surface area contributed by atoms with Crippen molar-refractivity contribution >= 4 is 27.9 Å². The van der Waals surface area contributed by atoms with Crippen molar-refractivity contribution in [2.45, 2.75) is 64.0 Å². The molecule has 1 N–H and O–H groups in total. The van der Waals surface area contributed by atoms with E-state index in [9.17, 15) is 22.8 Å². The maximum atomic E-state index is 13.8. The van der Waals surface area contributed by atoms with Gasteiger partial charge >= 0.3 is 18.0 Å². The molecule has 1 unspecified atom stereocenters. The van der Waals surface area contributed by atoms with Gasteiger partial charge < -0.3 is 19.5 Å². The van der Waals surface area contributed by atoms with Crippen LogP contribution in [0.4, 0.5) is 4.79 Å². The third kappa shape index (κ3) is 8.86. The Labute approximate surface area is 224 Å². The van der Waals surface area contributed by atoms with Crippen LogP contribution in [-0.2, 0) is 46.7 Å². The summed E-state index contributed by atoms with van der Waals surface area (Å²) in [5.41, 5.74) is 0.630. The number of carbonyl (C=O) groups excluding carboxylic acids is 3. The lowest BCUT2D eigenvalue weighted by atomic mass is 10.0. The zero-order valence-electron chi connectivity index (χ0n) is 22.7. The van der Waals surface area contributed by atoms with Crippen LogP contribution in [0.2, 0.25) is 0 Å². The molecule has 0 spiro atoms. The Hall–Kier alpha value is -3.40. The highest BCUT2D eigenvalue weighted by atomic mass is 32.2. The lowest BCUT2D eigenvalue weighted by Crippen LogP contribution is -2.59. The molecule has 1 amide bonds. The Balaban J connectivity index is 2.33. The number of ether oxygens (including phenoxy) is 3. The van der Waals surface area contributed by atoms with Gasteiger partial charge in [-0.05, 0) is 52.2 Å². The minimum Gasteiger partial charge on any atom is -0.467 e. The molecule has 0 bridgehead atoms. The van der Waals surface area contributed by atoms with Crippen molar-refractivity contribution in [3.8, 4) is 0 Å². The molecule has 0 radical (unpaired) electrons. The van der Waals surface area contributed by atoms with E-state index in [0.717, 1.165) is 18.2 Å². The van der Waals surface area contributed by atoms with Crippen LogP contribution in [0.25, 0.3) is 0 Å². The average molecular weight is 548 g/mol. The summed E-state index contributed by atoms with van der Waals surface area (Å²) in [6, 6.07) is 16.4. The molecule has 0 saturated carbocycles. The molecule has 0 fully saturated rings. The lowest BCUT2D eigenvalue weighted by molar-refractivity contribution is -0.149. The van der Waals surface area contributed by atoms with Crippen molar-refractivity contribution in [3.63, 3.8) is 0 Å². The Morgan fingerprint density at radius 1 is 0.842 bits per heavy atom. The number of alkyl carbamates (subject to hydrolysis) is 1. The molecule has 208 valence electrons. The van der Waals surface area contributed by atoms with Crippen LogP contribution >= 0.6 is 0 Å². The molecule has 38 heavy (non-hydrogen) atoms. The number of sulfone groups is 1. The first kappa shape index (κ1) is 30.8. The van der Waals surface area contributed by atoms with Crippen molar-refractivity contribution in [3.05, 3.63) is 71.8 Å². The Kier molecular flexibility index (Phi) is 10.5. The van der Waals surface area contributed by atoms with E-state index in [4.69, 9.17) is 14.2 Å². The quantitative estimate of drug-likeness (QED) is 0.332. The summed E-state index contributed by atoms with van der Waals surface area (Å²) >= 11 is 0. The molecule has 9 nitrogen and oxygen atoms in total. The number of hydrogen-bond donors (Lipinski definition) is 1. The first-order valence-corrected chi connectivity index (χ1v) is 13.9. The molecule has 0 aliphatic heterocycles. The third-order valence-electron chi connectivity index (χ3n) is 5.90. The normalized spacial score (nSPS) is 13.6. The highest BCUT2D eigenvalue weighted by Gasteiger charge is 2.49. The van der Waals surface area contributed by atoms with Crippen molar-refractivity contribution in [2.75, 3.05) is 12.9 Å². The van der Waals surface area contributed by atoms with Gasteiger partial charge in [-0.25, -0.2) is 18.0 Å². The summed E-state index contributed by atoms with van der Waals surface area (Å²) in [6.07, 6.45) is -0.870. The van der Waals surface area contributed by atoms with Gasteiger partial charge in [-0.3, -0.25) is 4.79 Å². The first-order chi connectivity index (χ1) is 17.7. The fourth-order valence-corrected chi connectivity index (χ4v) is 5.40. The van der Waals surface area contributed by atoms with Gasteiger partial charge in [0.05, 0.1) is 23.5 Å². The number of methoxy groups -OCH3 is 1. The number of rotatable bonds is 11. The second-order valence-corrected chi connectivity index (χ2v) is 13.1. The van der Waals surface area contributed by atoms with Crippen LogP contribution < -0.4 is 5.32 Å². The Morgan fingerprint density at radius 2 is 1.37 bits per heavy atom. The summed E-state index contributed by atoms with van der Waals surface area (Å²) in [7, 11) is -3.13. The largest absolute Gasteiger partial charge is 0.467 e. The fourth-order valence-electron chi connectivity index (χ4n) is 3.67. The molecule has 0 aliphatic carbocycles. The molecular weight excluding hydrogens is 510 g/mol. The van der Waals surface area contributed by atoms with Crippen molar-refractivity contribution in [2.24, 2.45) is 5.92 Å². The first-order valence-electron chi connectivity index (χ1n) is 12.2. The molecule has 2 aromatic rings. The fraction of sp³-hybridized carbons (Fsp3) is 0.464. The molecule has 0 aromatic heterocycles. The molecule has 2 rings (SSSR count). The summed E-state index contributed by atoms with van der Waals surface area (Å²) in [4.78, 5) is 38.2. The van der Waals surface area contributed by atoms with Gasteiger partial charge in [0, 0.05) is 0 Å². The van der Waals surface area contributed by atoms with E-state index in [1.54, 1.807) is 57.2 Å². The lowest BCUT2D eigenvalue weighted by Gasteiger charge is -2.34. The Bertz CT molecular complexity index is 1190. The van der Waals surface area contributed by atoms with Crippen LogP contribution in [0.5, 0.6) is 0 Å². The maximum absolute atomic E-state index is 13.8. The van der Waals surface area contributed by atoms with Gasteiger partial charge in [-0.2, -0.15) is 0 Å². The number of esters is 2. The molecule has 0 heterocycles. The highest BCUT2D eigenvalue weighted by molar-refractivity contribution is 7.92. The van der Waals surface area contributed by atoms with E-state index in [1.807, 2.05) is 24.3 Å². The summed E-state index contributed by atoms with van der Waals surface area (Å²) in [5, 5.41) is 2.34. The molecule has 2 aromatic carbocycles. The molecule has 0 saturated heterocycles. The number of nitrogens with one attached hydrogen (secondary N) is 1. The zero-order chi connectivity index (χ0) is 28.6. The monoisotopic (exact) mass is 547 g/mol. The van der Waals surface area contributed by atoms with Gasteiger partial charge in [0.15, 0.2) is 9.84 Å². The smallest absolute Gasteiger partial charge is 0.408 e. The Morgan fingerprint density at radius 3 is 1.87 bits per heavy atom. The SMILES string of the molecule is COC(=O)[C@@H](NC(=O)OC(C)(C)C)C(C)(C)S(=O)(=O)CC(Cc1ccccc1)C(=O)OCc1ccccc1. The van der Waals surface area contributed by atoms with Crippen LogP contribution in [0.15, 0.2) is 60.7 Å². The number of amides is 1. The highest BCUT2D eigenvalue weighted by Crippen LogP contribution is 2.27. The van der Waals surface area contributed by atoms with Crippen LogP contribution in [0, 0.1) is 5.92 Å². The maximum Gasteiger partial charge on any atom is 0.408 e. The minimum absolute atomic E-state index is 0.0145. The topological polar surface area (TPSA) is 125 Å². The van der Waals surface area contributed by atoms with Crippen molar-refractivity contribution in [1.29, 1.82) is 0 Å². The van der Waals surface area contributed by atoms with Crippen molar-refractivity contribution in [1.82, 2.24) is 5.32 Å². The van der Waals surface area contributed by atoms with Gasteiger partial charge in [-0.1, -0.05) is 60.7 Å². The standard InChI is InChI=1S/C28H37NO8S/c1-27(2,3)37-26(32)29-23(25(31)35-6)28(4,5)38(33,34)19-22(17-20-13-9-7-10-14-20)24(30)36-18-21-15-11-8-12-16-21/h7-16,22-23H,17-19H2,1-6H3,(H,29,32)/t22?,23-/m1/s1. The predicted molar refractivity (Wildman–Crippen MR) is 143 cm³/mol. The van der Waals surface area contributed by atoms with E-state index in [1.165, 1.54) is 13.8 Å². The summed E-state index contributed by atoms with van der Waals surface area (Å²) < 4.78 is 41.1. The minimum atomic E-state index is -4.22. The second kappa shape index (κ2) is 12.9.